The molecular weight excluding hydrogens is 374 g/mol. The highest BCUT2D eigenvalue weighted by atomic mass is 16.2. The number of amides is 2. The molecular formula is C25H31N3O2. The second-order valence-electron chi connectivity index (χ2n) is 8.49. The molecule has 158 valence electrons. The molecule has 0 saturated carbocycles. The van der Waals surface area contributed by atoms with E-state index in [-0.39, 0.29) is 11.8 Å². The van der Waals surface area contributed by atoms with E-state index in [2.05, 4.69) is 29.2 Å². The van der Waals surface area contributed by atoms with Gasteiger partial charge < -0.3 is 14.7 Å². The zero-order chi connectivity index (χ0) is 20.9. The number of hydrogen-bond acceptors (Lipinski definition) is 3. The molecule has 5 heteroatoms. The highest BCUT2D eigenvalue weighted by Gasteiger charge is 2.21. The van der Waals surface area contributed by atoms with Crippen LogP contribution in [0, 0.1) is 0 Å². The van der Waals surface area contributed by atoms with E-state index in [1.807, 2.05) is 36.2 Å². The number of carbonyl (C=O) groups is 2. The maximum absolute atomic E-state index is 13.0. The quantitative estimate of drug-likeness (QED) is 0.728. The molecule has 2 aromatic carbocycles. The highest BCUT2D eigenvalue weighted by molar-refractivity contribution is 5.94. The Bertz CT molecular complexity index is 888. The van der Waals surface area contributed by atoms with Crippen LogP contribution < -0.4 is 4.90 Å². The number of piperidine rings is 1. The number of benzene rings is 2. The lowest BCUT2D eigenvalue weighted by molar-refractivity contribution is -0.128. The predicted molar refractivity (Wildman–Crippen MR) is 119 cm³/mol. The third-order valence-corrected chi connectivity index (χ3v) is 6.14. The van der Waals surface area contributed by atoms with Crippen molar-refractivity contribution in [3.8, 4) is 0 Å². The van der Waals surface area contributed by atoms with Crippen LogP contribution in [0.4, 0.5) is 5.69 Å². The van der Waals surface area contributed by atoms with Gasteiger partial charge in [-0.2, -0.15) is 0 Å². The van der Waals surface area contributed by atoms with Crippen molar-refractivity contribution in [2.75, 3.05) is 31.6 Å². The summed E-state index contributed by atoms with van der Waals surface area (Å²) in [5.41, 5.74) is 4.09. The minimum atomic E-state index is 0.00436. The first kappa shape index (κ1) is 20.5. The van der Waals surface area contributed by atoms with Crippen LogP contribution in [0.2, 0.25) is 0 Å². The van der Waals surface area contributed by atoms with Crippen molar-refractivity contribution in [3.63, 3.8) is 0 Å². The number of hydrogen-bond donors (Lipinski definition) is 0. The third-order valence-electron chi connectivity index (χ3n) is 6.14. The van der Waals surface area contributed by atoms with E-state index >= 15 is 0 Å². The second kappa shape index (κ2) is 9.33. The van der Waals surface area contributed by atoms with Gasteiger partial charge in [-0.1, -0.05) is 24.3 Å². The van der Waals surface area contributed by atoms with Crippen LogP contribution in [0.3, 0.4) is 0 Å². The number of rotatable bonds is 6. The Kier molecular flexibility index (Phi) is 6.36. The van der Waals surface area contributed by atoms with Gasteiger partial charge in [0.1, 0.15) is 0 Å². The number of carbonyl (C=O) groups excluding carboxylic acids is 2. The number of nitrogens with zero attached hydrogens (tertiary/aromatic N) is 3. The fourth-order valence-corrected chi connectivity index (χ4v) is 4.42. The van der Waals surface area contributed by atoms with Gasteiger partial charge in [0.25, 0.3) is 5.91 Å². The SMILES string of the molecule is CN(Cc1ccc(N2CCCCC2)cc1)C(=O)c1cccc(CN2CCCC2=O)c1. The van der Waals surface area contributed by atoms with Gasteiger partial charge >= 0.3 is 0 Å². The molecule has 0 bridgehead atoms. The first-order valence-electron chi connectivity index (χ1n) is 11.1. The van der Waals surface area contributed by atoms with Crippen molar-refractivity contribution in [2.24, 2.45) is 0 Å². The van der Waals surface area contributed by atoms with E-state index in [4.69, 9.17) is 0 Å². The molecule has 4 rings (SSSR count). The van der Waals surface area contributed by atoms with Gasteiger partial charge in [0, 0.05) is 57.4 Å². The van der Waals surface area contributed by atoms with Gasteiger partial charge in [-0.05, 0) is 61.1 Å². The zero-order valence-electron chi connectivity index (χ0n) is 17.8. The molecule has 0 atom stereocenters. The van der Waals surface area contributed by atoms with Crippen molar-refractivity contribution in [3.05, 3.63) is 65.2 Å². The summed E-state index contributed by atoms with van der Waals surface area (Å²) in [5.74, 6) is 0.210. The van der Waals surface area contributed by atoms with E-state index in [1.165, 1.54) is 24.9 Å². The van der Waals surface area contributed by atoms with E-state index in [0.29, 0.717) is 25.1 Å². The molecule has 0 spiro atoms. The molecule has 5 nitrogen and oxygen atoms in total. The molecule has 2 saturated heterocycles. The summed E-state index contributed by atoms with van der Waals surface area (Å²) < 4.78 is 0. The Morgan fingerprint density at radius 1 is 0.933 bits per heavy atom. The van der Waals surface area contributed by atoms with Crippen LogP contribution in [0.1, 0.15) is 53.6 Å². The summed E-state index contributed by atoms with van der Waals surface area (Å²) in [6.07, 6.45) is 5.43. The van der Waals surface area contributed by atoms with E-state index in [9.17, 15) is 9.59 Å². The van der Waals surface area contributed by atoms with Crippen LogP contribution in [-0.4, -0.2) is 48.3 Å². The van der Waals surface area contributed by atoms with Crippen molar-refractivity contribution in [1.29, 1.82) is 0 Å². The smallest absolute Gasteiger partial charge is 0.253 e. The van der Waals surface area contributed by atoms with Crippen LogP contribution >= 0.6 is 0 Å². The van der Waals surface area contributed by atoms with Crippen LogP contribution in [0.5, 0.6) is 0 Å². The maximum atomic E-state index is 13.0. The average molecular weight is 406 g/mol. The molecule has 0 radical (unpaired) electrons. The lowest BCUT2D eigenvalue weighted by atomic mass is 10.1. The predicted octanol–water partition coefficient (Wildman–Crippen LogP) is 4.07. The Hall–Kier alpha value is -2.82. The normalized spacial score (nSPS) is 16.8. The average Bonchev–Trinajstić information content (AvgIpc) is 3.19. The van der Waals surface area contributed by atoms with Gasteiger partial charge in [-0.3, -0.25) is 9.59 Å². The fraction of sp³-hybridized carbons (Fsp3) is 0.440. The molecule has 0 unspecified atom stereocenters. The second-order valence-corrected chi connectivity index (χ2v) is 8.49. The fourth-order valence-electron chi connectivity index (χ4n) is 4.42. The number of anilines is 1. The number of likely N-dealkylation sites (tertiary alicyclic amines) is 1. The third kappa shape index (κ3) is 4.84. The Balaban J connectivity index is 1.37. The minimum Gasteiger partial charge on any atom is -0.372 e. The van der Waals surface area contributed by atoms with Crippen LogP contribution in [0.25, 0.3) is 0 Å². The van der Waals surface area contributed by atoms with Gasteiger partial charge in [-0.25, -0.2) is 0 Å². The van der Waals surface area contributed by atoms with Gasteiger partial charge in [0.05, 0.1) is 0 Å². The molecule has 2 fully saturated rings. The van der Waals surface area contributed by atoms with Gasteiger partial charge in [-0.15, -0.1) is 0 Å². The van der Waals surface area contributed by atoms with Crippen molar-refractivity contribution < 1.29 is 9.59 Å². The lowest BCUT2D eigenvalue weighted by Crippen LogP contribution is -2.29. The van der Waals surface area contributed by atoms with Gasteiger partial charge in [0.15, 0.2) is 0 Å². The molecule has 2 aliphatic rings. The summed E-state index contributed by atoms with van der Waals surface area (Å²) in [6, 6.07) is 16.3. The summed E-state index contributed by atoms with van der Waals surface area (Å²) >= 11 is 0. The van der Waals surface area contributed by atoms with E-state index in [0.717, 1.165) is 37.2 Å². The van der Waals surface area contributed by atoms with Crippen molar-refractivity contribution >= 4 is 17.5 Å². The Morgan fingerprint density at radius 3 is 2.40 bits per heavy atom. The molecule has 2 amide bonds. The Morgan fingerprint density at radius 2 is 1.70 bits per heavy atom. The monoisotopic (exact) mass is 405 g/mol. The lowest BCUT2D eigenvalue weighted by Gasteiger charge is -2.29. The zero-order valence-corrected chi connectivity index (χ0v) is 17.8. The minimum absolute atomic E-state index is 0.00436. The first-order valence-corrected chi connectivity index (χ1v) is 11.1. The Labute approximate surface area is 179 Å². The molecule has 0 aliphatic carbocycles. The van der Waals surface area contributed by atoms with Crippen molar-refractivity contribution in [2.45, 2.75) is 45.2 Å². The standard InChI is InChI=1S/C25H31N3O2/c1-26(18-20-10-12-23(13-11-20)27-14-3-2-4-15-27)25(30)22-8-5-7-21(17-22)19-28-16-6-9-24(28)29/h5,7-8,10-13,17H,2-4,6,9,14-16,18-19H2,1H3. The molecule has 0 aromatic heterocycles. The first-order chi connectivity index (χ1) is 14.6. The summed E-state index contributed by atoms with van der Waals surface area (Å²) in [5, 5.41) is 0. The maximum Gasteiger partial charge on any atom is 0.253 e. The van der Waals surface area contributed by atoms with Crippen LogP contribution in [0.15, 0.2) is 48.5 Å². The summed E-state index contributed by atoms with van der Waals surface area (Å²) in [4.78, 5) is 30.9. The highest BCUT2D eigenvalue weighted by Crippen LogP contribution is 2.21. The summed E-state index contributed by atoms with van der Waals surface area (Å²) in [6.45, 7) is 4.24. The molecule has 30 heavy (non-hydrogen) atoms. The van der Waals surface area contributed by atoms with Gasteiger partial charge in [0.2, 0.25) is 5.91 Å². The molecule has 0 N–H and O–H groups in total. The van der Waals surface area contributed by atoms with Crippen LogP contribution in [-0.2, 0) is 17.9 Å². The van der Waals surface area contributed by atoms with Crippen molar-refractivity contribution in [1.82, 2.24) is 9.80 Å². The largest absolute Gasteiger partial charge is 0.372 e. The summed E-state index contributed by atoms with van der Waals surface area (Å²) in [7, 11) is 1.84. The topological polar surface area (TPSA) is 43.9 Å². The molecule has 2 aromatic rings. The van der Waals surface area contributed by atoms with E-state index < -0.39 is 0 Å². The molecule has 2 heterocycles. The molecule has 2 aliphatic heterocycles. The van der Waals surface area contributed by atoms with E-state index in [1.54, 1.807) is 4.90 Å².